The number of para-hydroxylation sites is 1. The zero-order valence-corrected chi connectivity index (χ0v) is 20.4. The van der Waals surface area contributed by atoms with Crippen molar-refractivity contribution in [2.75, 3.05) is 45.0 Å². The number of nitrogens with zero attached hydrogens (tertiary/aromatic N) is 4. The summed E-state index contributed by atoms with van der Waals surface area (Å²) in [6, 6.07) is 13.0. The van der Waals surface area contributed by atoms with Gasteiger partial charge in [-0.15, -0.1) is 10.2 Å². The van der Waals surface area contributed by atoms with Crippen molar-refractivity contribution in [3.05, 3.63) is 42.5 Å². The number of phenols is 1. The summed E-state index contributed by atoms with van der Waals surface area (Å²) in [5, 5.41) is 20.4. The highest BCUT2D eigenvalue weighted by atomic mass is 16.7. The molecule has 0 saturated carbocycles. The van der Waals surface area contributed by atoms with Crippen molar-refractivity contribution in [3.63, 3.8) is 0 Å². The van der Waals surface area contributed by atoms with Gasteiger partial charge in [-0.2, -0.15) is 0 Å². The van der Waals surface area contributed by atoms with E-state index in [1.807, 2.05) is 57.2 Å². The number of phenolic OH excluding ortho intramolecular Hbond substituents is 1. The number of likely N-dealkylation sites (tertiary alicyclic amines) is 1. The highest BCUT2D eigenvalue weighted by Crippen LogP contribution is 2.45. The molecule has 1 amide bonds. The van der Waals surface area contributed by atoms with Gasteiger partial charge in [0.2, 0.25) is 0 Å². The average molecular weight is 479 g/mol. The van der Waals surface area contributed by atoms with Crippen molar-refractivity contribution in [2.45, 2.75) is 26.4 Å². The highest BCUT2D eigenvalue weighted by molar-refractivity contribution is 5.88. The first-order valence-electron chi connectivity index (χ1n) is 11.6. The fraction of sp³-hybridized carbons (Fsp3) is 0.423. The van der Waals surface area contributed by atoms with Crippen molar-refractivity contribution in [1.82, 2.24) is 15.1 Å². The second-order valence-electron chi connectivity index (χ2n) is 10.4. The van der Waals surface area contributed by atoms with Gasteiger partial charge >= 0.3 is 6.09 Å². The number of amides is 1. The molecule has 0 unspecified atom stereocenters. The summed E-state index contributed by atoms with van der Waals surface area (Å²) < 4.78 is 16.1. The molecule has 1 aromatic heterocycles. The molecule has 1 N–H and O–H groups in total. The zero-order valence-electron chi connectivity index (χ0n) is 20.4. The Morgan fingerprint density at radius 3 is 2.54 bits per heavy atom. The van der Waals surface area contributed by atoms with Crippen molar-refractivity contribution in [3.8, 4) is 22.8 Å². The predicted octanol–water partition coefficient (Wildman–Crippen LogP) is 4.04. The van der Waals surface area contributed by atoms with Crippen LogP contribution in [0, 0.1) is 5.41 Å². The monoisotopic (exact) mass is 478 g/mol. The van der Waals surface area contributed by atoms with Crippen molar-refractivity contribution >= 4 is 22.7 Å². The molecule has 2 aliphatic rings. The van der Waals surface area contributed by atoms with Crippen LogP contribution in [0.15, 0.2) is 42.5 Å². The highest BCUT2D eigenvalue weighted by Gasteiger charge is 2.54. The van der Waals surface area contributed by atoms with Gasteiger partial charge in [0.25, 0.3) is 0 Å². The summed E-state index contributed by atoms with van der Waals surface area (Å²) in [7, 11) is 1.57. The van der Waals surface area contributed by atoms with Crippen LogP contribution in [0.1, 0.15) is 20.8 Å². The van der Waals surface area contributed by atoms with Crippen LogP contribution in [0.4, 0.5) is 10.5 Å². The molecule has 2 aromatic carbocycles. The summed E-state index contributed by atoms with van der Waals surface area (Å²) in [6.45, 7) is 8.60. The van der Waals surface area contributed by atoms with E-state index >= 15 is 0 Å². The summed E-state index contributed by atoms with van der Waals surface area (Å²) in [6.07, 6.45) is -0.268. The SMILES string of the molecule is COCOc1ccccc1-c1cc2cc(O)c(N3CC4(CN(C(=O)OC(C)(C)C)C4)C3)cc2nn1. The molecule has 9 nitrogen and oxygen atoms in total. The third-order valence-corrected chi connectivity index (χ3v) is 6.27. The van der Waals surface area contributed by atoms with Gasteiger partial charge in [-0.05, 0) is 51.1 Å². The third-order valence-electron chi connectivity index (χ3n) is 6.27. The molecule has 0 radical (unpaired) electrons. The van der Waals surface area contributed by atoms with E-state index < -0.39 is 5.60 Å². The second-order valence-corrected chi connectivity index (χ2v) is 10.4. The standard InChI is InChI=1S/C26H30N4O5/c1-25(2,3)35-24(32)30-14-26(15-30)12-29(13-26)21-11-19-17(10-22(21)31)9-20(28-27-19)18-7-5-6-8-23(18)34-16-33-4/h5-11,31H,12-16H2,1-4H3. The largest absolute Gasteiger partial charge is 0.506 e. The lowest BCUT2D eigenvalue weighted by atomic mass is 9.72. The van der Waals surface area contributed by atoms with Gasteiger partial charge in [-0.25, -0.2) is 4.79 Å². The Morgan fingerprint density at radius 1 is 1.09 bits per heavy atom. The Hall–Kier alpha value is -3.59. The van der Waals surface area contributed by atoms with Crippen LogP contribution in [0.3, 0.4) is 0 Å². The normalized spacial score (nSPS) is 16.7. The number of fused-ring (bicyclic) bond motifs is 1. The molecule has 0 aliphatic carbocycles. The quantitative estimate of drug-likeness (QED) is 0.549. The number of aromatic hydroxyl groups is 1. The molecule has 3 heterocycles. The Morgan fingerprint density at radius 2 is 1.83 bits per heavy atom. The number of aromatic nitrogens is 2. The Balaban J connectivity index is 1.29. The summed E-state index contributed by atoms with van der Waals surface area (Å²) >= 11 is 0. The molecular formula is C26H30N4O5. The number of hydrogen-bond acceptors (Lipinski definition) is 8. The van der Waals surface area contributed by atoms with E-state index in [9.17, 15) is 9.90 Å². The van der Waals surface area contributed by atoms with Crippen LogP contribution in [0.2, 0.25) is 0 Å². The van der Waals surface area contributed by atoms with E-state index in [1.165, 1.54) is 0 Å². The van der Waals surface area contributed by atoms with Crippen molar-refractivity contribution in [1.29, 1.82) is 0 Å². The molecule has 0 atom stereocenters. The minimum absolute atomic E-state index is 0.0553. The van der Waals surface area contributed by atoms with Crippen LogP contribution >= 0.6 is 0 Å². The average Bonchev–Trinajstić information content (AvgIpc) is 2.74. The molecule has 184 valence electrons. The minimum Gasteiger partial charge on any atom is -0.506 e. The molecule has 5 rings (SSSR count). The number of rotatable bonds is 5. The summed E-state index contributed by atoms with van der Waals surface area (Å²) in [5.74, 6) is 0.842. The van der Waals surface area contributed by atoms with Crippen molar-refractivity contribution in [2.24, 2.45) is 5.41 Å². The molecule has 2 fully saturated rings. The predicted molar refractivity (Wildman–Crippen MR) is 132 cm³/mol. The number of methoxy groups -OCH3 is 1. The molecule has 3 aromatic rings. The molecule has 1 spiro atoms. The molecule has 2 aliphatic heterocycles. The van der Waals surface area contributed by atoms with Crippen LogP contribution in [-0.4, -0.2) is 72.0 Å². The van der Waals surface area contributed by atoms with E-state index in [0.29, 0.717) is 30.0 Å². The van der Waals surface area contributed by atoms with Gasteiger partial charge < -0.3 is 29.1 Å². The van der Waals surface area contributed by atoms with Crippen LogP contribution in [0.25, 0.3) is 22.2 Å². The van der Waals surface area contributed by atoms with Gasteiger partial charge in [0, 0.05) is 49.7 Å². The number of carbonyl (C=O) groups excluding carboxylic acids is 1. The first-order chi connectivity index (χ1) is 16.7. The lowest BCUT2D eigenvalue weighted by Crippen LogP contribution is -2.73. The molecule has 0 bridgehead atoms. The molecule has 35 heavy (non-hydrogen) atoms. The van der Waals surface area contributed by atoms with Crippen LogP contribution in [-0.2, 0) is 9.47 Å². The van der Waals surface area contributed by atoms with E-state index in [2.05, 4.69) is 15.1 Å². The second kappa shape index (κ2) is 8.57. The first kappa shape index (κ1) is 23.2. The lowest BCUT2D eigenvalue weighted by Gasteiger charge is -2.60. The Labute approximate surface area is 204 Å². The zero-order chi connectivity index (χ0) is 24.8. The Kier molecular flexibility index (Phi) is 5.67. The van der Waals surface area contributed by atoms with Gasteiger partial charge in [-0.3, -0.25) is 0 Å². The van der Waals surface area contributed by atoms with Gasteiger partial charge in [0.15, 0.2) is 6.79 Å². The van der Waals surface area contributed by atoms with Crippen LogP contribution in [0.5, 0.6) is 11.5 Å². The van der Waals surface area contributed by atoms with E-state index in [1.54, 1.807) is 18.1 Å². The van der Waals surface area contributed by atoms with Gasteiger partial charge in [0.05, 0.1) is 16.9 Å². The van der Waals surface area contributed by atoms with E-state index in [0.717, 1.165) is 29.7 Å². The Bertz CT molecular complexity index is 1260. The molecular weight excluding hydrogens is 448 g/mol. The maximum atomic E-state index is 12.2. The number of carbonyl (C=O) groups is 1. The fourth-order valence-electron chi connectivity index (χ4n) is 4.73. The van der Waals surface area contributed by atoms with E-state index in [4.69, 9.17) is 14.2 Å². The summed E-state index contributed by atoms with van der Waals surface area (Å²) in [5.41, 5.74) is 2.43. The maximum absolute atomic E-state index is 12.2. The molecule has 2 saturated heterocycles. The maximum Gasteiger partial charge on any atom is 0.410 e. The van der Waals surface area contributed by atoms with Crippen molar-refractivity contribution < 1.29 is 24.1 Å². The lowest BCUT2D eigenvalue weighted by molar-refractivity contribution is -0.0453. The molecule has 9 heteroatoms. The number of anilines is 1. The van der Waals surface area contributed by atoms with Gasteiger partial charge in [-0.1, -0.05) is 12.1 Å². The van der Waals surface area contributed by atoms with Crippen LogP contribution < -0.4 is 9.64 Å². The smallest absolute Gasteiger partial charge is 0.410 e. The van der Waals surface area contributed by atoms with E-state index in [-0.39, 0.29) is 24.1 Å². The first-order valence-corrected chi connectivity index (χ1v) is 11.6. The minimum atomic E-state index is -0.498. The van der Waals surface area contributed by atoms with Gasteiger partial charge in [0.1, 0.15) is 17.1 Å². The number of benzene rings is 2. The number of ether oxygens (including phenoxy) is 3. The third kappa shape index (κ3) is 4.55. The fourth-order valence-corrected chi connectivity index (χ4v) is 4.73. The number of hydrogen-bond donors (Lipinski definition) is 1. The summed E-state index contributed by atoms with van der Waals surface area (Å²) in [4.78, 5) is 16.1. The topological polar surface area (TPSA) is 97.2 Å².